The Bertz CT molecular complexity index is 2690. The zero-order valence-electron chi connectivity index (χ0n) is 27.2. The van der Waals surface area contributed by atoms with Crippen molar-refractivity contribution in [2.75, 3.05) is 23.9 Å². The van der Waals surface area contributed by atoms with E-state index in [1.807, 2.05) is 18.2 Å². The Morgan fingerprint density at radius 3 is 1.84 bits per heavy atom. The van der Waals surface area contributed by atoms with Crippen LogP contribution in [-0.4, -0.2) is 33.2 Å². The number of para-hydroxylation sites is 3. The highest BCUT2D eigenvalue weighted by atomic mass is 15.5. The maximum absolute atomic E-state index is 5.25. The van der Waals surface area contributed by atoms with Crippen molar-refractivity contribution in [1.82, 2.24) is 19.1 Å². The Labute approximate surface area is 283 Å². The van der Waals surface area contributed by atoms with E-state index < -0.39 is 0 Å². The first-order valence-corrected chi connectivity index (χ1v) is 16.7. The van der Waals surface area contributed by atoms with Crippen molar-refractivity contribution >= 4 is 55.1 Å². The van der Waals surface area contributed by atoms with Gasteiger partial charge in [0.2, 0.25) is 0 Å². The standard InChI is InChI=1S/C43H32N6/c1-46-40-38(28-16-6-3-7-17-28)44-41(29-18-8-4-9-19-29)45-42(40)47(2)43(46)49-35-25-15-13-23-33(35)37-36(49)27-26-32-31-22-12-14-24-34(31)48(39(32)37)30-20-10-5-11-21-30/h3-27,43H,1-2H3. The first-order chi connectivity index (χ1) is 24.2. The molecule has 6 heteroatoms. The number of fused-ring (bicyclic) bond motifs is 8. The summed E-state index contributed by atoms with van der Waals surface area (Å²) < 4.78 is 4.92. The summed E-state index contributed by atoms with van der Waals surface area (Å²) >= 11 is 0. The Morgan fingerprint density at radius 2 is 1.10 bits per heavy atom. The van der Waals surface area contributed by atoms with Gasteiger partial charge in [0.1, 0.15) is 11.4 Å². The third kappa shape index (κ3) is 3.94. The molecule has 0 saturated carbocycles. The summed E-state index contributed by atoms with van der Waals surface area (Å²) in [6.07, 6.45) is -0.188. The van der Waals surface area contributed by atoms with Gasteiger partial charge >= 0.3 is 0 Å². The summed E-state index contributed by atoms with van der Waals surface area (Å²) in [5.74, 6) is 1.63. The van der Waals surface area contributed by atoms with Gasteiger partial charge in [-0.25, -0.2) is 9.97 Å². The Balaban J connectivity index is 1.27. The predicted molar refractivity (Wildman–Crippen MR) is 203 cm³/mol. The smallest absolute Gasteiger partial charge is 0.186 e. The first-order valence-electron chi connectivity index (χ1n) is 16.7. The van der Waals surface area contributed by atoms with E-state index in [1.165, 1.54) is 43.6 Å². The molecule has 0 aliphatic carbocycles. The fourth-order valence-electron chi connectivity index (χ4n) is 7.99. The van der Waals surface area contributed by atoms with E-state index in [-0.39, 0.29) is 6.29 Å². The molecule has 0 amide bonds. The molecule has 1 unspecified atom stereocenters. The lowest BCUT2D eigenvalue weighted by atomic mass is 10.1. The van der Waals surface area contributed by atoms with Crippen molar-refractivity contribution in [2.45, 2.75) is 6.29 Å². The van der Waals surface area contributed by atoms with Crippen molar-refractivity contribution in [1.29, 1.82) is 0 Å². The summed E-state index contributed by atoms with van der Waals surface area (Å²) in [6, 6.07) is 53.7. The van der Waals surface area contributed by atoms with E-state index in [0.717, 1.165) is 39.8 Å². The van der Waals surface area contributed by atoms with Crippen LogP contribution in [0.25, 0.3) is 71.9 Å². The Morgan fingerprint density at radius 1 is 0.490 bits per heavy atom. The fourth-order valence-corrected chi connectivity index (χ4v) is 7.99. The van der Waals surface area contributed by atoms with Crippen LogP contribution >= 0.6 is 0 Å². The molecule has 1 atom stereocenters. The largest absolute Gasteiger partial charge is 0.332 e. The third-order valence-electron chi connectivity index (χ3n) is 10.1. The van der Waals surface area contributed by atoms with Crippen molar-refractivity contribution < 1.29 is 0 Å². The minimum Gasteiger partial charge on any atom is -0.332 e. The van der Waals surface area contributed by atoms with E-state index >= 15 is 0 Å². The molecule has 49 heavy (non-hydrogen) atoms. The zero-order chi connectivity index (χ0) is 32.6. The second-order valence-electron chi connectivity index (χ2n) is 12.8. The average molecular weight is 633 g/mol. The molecule has 0 radical (unpaired) electrons. The molecule has 6 aromatic carbocycles. The van der Waals surface area contributed by atoms with Gasteiger partial charge in [-0.1, -0.05) is 121 Å². The van der Waals surface area contributed by atoms with E-state index in [2.05, 4.69) is 166 Å². The van der Waals surface area contributed by atoms with E-state index in [0.29, 0.717) is 0 Å². The van der Waals surface area contributed by atoms with E-state index in [4.69, 9.17) is 9.97 Å². The van der Waals surface area contributed by atoms with E-state index in [9.17, 15) is 0 Å². The summed E-state index contributed by atoms with van der Waals surface area (Å²) in [5, 5.41) is 4.96. The van der Waals surface area contributed by atoms with Gasteiger partial charge in [0.05, 0.1) is 22.1 Å². The van der Waals surface area contributed by atoms with Crippen molar-refractivity contribution in [3.8, 4) is 28.3 Å². The maximum Gasteiger partial charge on any atom is 0.186 e. The highest BCUT2D eigenvalue weighted by Gasteiger charge is 2.39. The van der Waals surface area contributed by atoms with Crippen molar-refractivity contribution in [2.24, 2.45) is 0 Å². The van der Waals surface area contributed by atoms with Gasteiger partial charge in [0, 0.05) is 52.5 Å². The molecule has 1 aliphatic rings. The van der Waals surface area contributed by atoms with Gasteiger partial charge in [-0.15, -0.1) is 0 Å². The lowest BCUT2D eigenvalue weighted by Crippen LogP contribution is -2.35. The SMILES string of the molecule is CN1c2nc(-c3ccccc3)nc(-c3ccccc3)c2N(C)C1n1c2ccccc2c2c3c(ccc21)c1ccccc1n3-c1ccccc1. The molecule has 0 saturated heterocycles. The van der Waals surface area contributed by atoms with Crippen LogP contribution in [0.1, 0.15) is 6.29 Å². The topological polar surface area (TPSA) is 42.1 Å². The molecule has 9 aromatic rings. The summed E-state index contributed by atoms with van der Waals surface area (Å²) in [7, 11) is 4.33. The molecule has 6 nitrogen and oxygen atoms in total. The molecule has 1 aliphatic heterocycles. The molecule has 0 spiro atoms. The van der Waals surface area contributed by atoms with Crippen molar-refractivity contribution in [3.63, 3.8) is 0 Å². The van der Waals surface area contributed by atoms with Gasteiger partial charge in [0.15, 0.2) is 17.9 Å². The number of aromatic nitrogens is 4. The van der Waals surface area contributed by atoms with Crippen LogP contribution in [0.5, 0.6) is 0 Å². The second-order valence-corrected chi connectivity index (χ2v) is 12.8. The third-order valence-corrected chi connectivity index (χ3v) is 10.1. The van der Waals surface area contributed by atoms with Crippen LogP contribution in [0, 0.1) is 0 Å². The summed E-state index contributed by atoms with van der Waals surface area (Å²) in [4.78, 5) is 15.1. The van der Waals surface area contributed by atoms with Gasteiger partial charge in [-0.05, 0) is 30.3 Å². The molecule has 0 bridgehead atoms. The molecule has 0 fully saturated rings. The predicted octanol–water partition coefficient (Wildman–Crippen LogP) is 10.1. The second kappa shape index (κ2) is 10.6. The zero-order valence-corrected chi connectivity index (χ0v) is 27.2. The van der Waals surface area contributed by atoms with Crippen molar-refractivity contribution in [3.05, 3.63) is 152 Å². The van der Waals surface area contributed by atoms with Crippen LogP contribution in [0.3, 0.4) is 0 Å². The number of hydrogen-bond donors (Lipinski definition) is 0. The normalized spacial score (nSPS) is 14.4. The van der Waals surface area contributed by atoms with Gasteiger partial charge in [0.25, 0.3) is 0 Å². The molecular formula is C43H32N6. The highest BCUT2D eigenvalue weighted by molar-refractivity contribution is 6.25. The molecule has 0 N–H and O–H groups in total. The summed E-state index contributed by atoms with van der Waals surface area (Å²) in [6.45, 7) is 0. The lowest BCUT2D eigenvalue weighted by Gasteiger charge is -2.30. The van der Waals surface area contributed by atoms with Crippen LogP contribution in [0.4, 0.5) is 11.5 Å². The number of hydrogen-bond acceptors (Lipinski definition) is 4. The lowest BCUT2D eigenvalue weighted by molar-refractivity contribution is 0.536. The summed E-state index contributed by atoms with van der Waals surface area (Å²) in [5.41, 5.74) is 9.91. The number of rotatable bonds is 4. The Kier molecular flexibility index (Phi) is 5.96. The van der Waals surface area contributed by atoms with Gasteiger partial charge < -0.3 is 18.9 Å². The maximum atomic E-state index is 5.25. The van der Waals surface area contributed by atoms with Crippen LogP contribution in [0.15, 0.2) is 152 Å². The molecule has 10 rings (SSSR count). The van der Waals surface area contributed by atoms with Gasteiger partial charge in [-0.2, -0.15) is 0 Å². The van der Waals surface area contributed by atoms with Crippen LogP contribution in [-0.2, 0) is 0 Å². The average Bonchev–Trinajstić information content (AvgIpc) is 3.76. The first kappa shape index (κ1) is 27.7. The minimum absolute atomic E-state index is 0.188. The van der Waals surface area contributed by atoms with E-state index in [1.54, 1.807) is 0 Å². The quantitative estimate of drug-likeness (QED) is 0.194. The number of anilines is 2. The minimum atomic E-state index is -0.188. The number of nitrogens with zero attached hydrogens (tertiary/aromatic N) is 6. The molecule has 3 aromatic heterocycles. The molecular weight excluding hydrogens is 601 g/mol. The van der Waals surface area contributed by atoms with Crippen LogP contribution in [0.2, 0.25) is 0 Å². The van der Waals surface area contributed by atoms with Crippen LogP contribution < -0.4 is 9.80 Å². The number of benzene rings is 6. The highest BCUT2D eigenvalue weighted by Crippen LogP contribution is 2.50. The Hall–Kier alpha value is -6.40. The fraction of sp³-hybridized carbons (Fsp3) is 0.0698. The molecule has 234 valence electrons. The van der Waals surface area contributed by atoms with Gasteiger partial charge in [-0.3, -0.25) is 0 Å². The molecule has 4 heterocycles. The monoisotopic (exact) mass is 632 g/mol.